The molecule has 0 fully saturated rings. The zero-order chi connectivity index (χ0) is 94.4. The molecule has 0 saturated carbocycles. The number of nitrogens with zero attached hydrogens (tertiary/aromatic N) is 6. The largest absolute Gasteiger partial charge is 0.345 e. The van der Waals surface area contributed by atoms with E-state index in [0.717, 1.165) is 0 Å². The number of anilines is 12. The molecule has 0 spiro atoms. The van der Waals surface area contributed by atoms with Crippen molar-refractivity contribution in [2.45, 2.75) is 0 Å². The van der Waals surface area contributed by atoms with Crippen LogP contribution in [0.2, 0.25) is 0 Å². The van der Waals surface area contributed by atoms with Crippen molar-refractivity contribution < 1.29 is 0 Å². The molecule has 670 valence electrons. The number of fused-ring (bicyclic) bond motifs is 3. The summed E-state index contributed by atoms with van der Waals surface area (Å²) in [7, 11) is 12.7. The minimum atomic E-state index is 1.17. The first-order valence-electron chi connectivity index (χ1n) is 47.0. The summed E-state index contributed by atoms with van der Waals surface area (Å²) in [6.45, 7) is 0. The maximum absolute atomic E-state index is 2.28. The van der Waals surface area contributed by atoms with E-state index in [1.54, 1.807) is 0 Å². The summed E-state index contributed by atoms with van der Waals surface area (Å²) in [5.41, 5.74) is 31.7. The maximum atomic E-state index is 2.28. The highest BCUT2D eigenvalue weighted by atomic mass is 15.1. The highest BCUT2D eigenvalue weighted by Crippen LogP contribution is 2.42. The number of rotatable bonds is 19. The van der Waals surface area contributed by atoms with Gasteiger partial charge in [0, 0.05) is 138 Å². The van der Waals surface area contributed by atoms with Crippen molar-refractivity contribution in [2.24, 2.45) is 0 Å². The molecular weight excluding hydrogens is 1670 g/mol. The zero-order valence-electron chi connectivity index (χ0n) is 79.0. The first-order valence-corrected chi connectivity index (χ1v) is 47.0. The van der Waals surface area contributed by atoms with E-state index in [-0.39, 0.29) is 0 Å². The molecule has 0 amide bonds. The molecule has 0 atom stereocenters. The first-order chi connectivity index (χ1) is 68.0. The van der Waals surface area contributed by atoms with E-state index in [1.807, 2.05) is 30.3 Å². The van der Waals surface area contributed by atoms with Crippen LogP contribution in [0.3, 0.4) is 0 Å². The summed E-state index contributed by atoms with van der Waals surface area (Å²) in [4.78, 5) is 13.4. The molecule has 0 saturated heterocycles. The lowest BCUT2D eigenvalue weighted by molar-refractivity contribution is 1.21. The van der Waals surface area contributed by atoms with Crippen LogP contribution < -0.4 is 29.4 Å². The van der Waals surface area contributed by atoms with Gasteiger partial charge in [-0.1, -0.05) is 455 Å². The Morgan fingerprint density at radius 3 is 0.696 bits per heavy atom. The van der Waals surface area contributed by atoms with Crippen molar-refractivity contribution in [1.29, 1.82) is 0 Å². The second kappa shape index (κ2) is 46.2. The average molecular weight is 1780 g/mol. The van der Waals surface area contributed by atoms with E-state index >= 15 is 0 Å². The van der Waals surface area contributed by atoms with Gasteiger partial charge in [0.05, 0.1) is 0 Å². The number of hydrogen-bond donors (Lipinski definition) is 0. The van der Waals surface area contributed by atoms with Gasteiger partial charge in [-0.2, -0.15) is 0 Å². The standard InChI is InChI=1S/C25H21N.3C23H19N.2C19H17N/c1-26(23-18-16-21(17-19-23)20-10-4-2-5-11-20)25-15-9-8-14-24(25)22-12-6-3-7-13-22;1-24(23-17-9-13-19-12-5-6-14-21(19)23)22-16-8-7-15-20(22)18-10-3-2-4-11-18;1-24(21-16-15-18-9-5-6-12-20(18)17-21)23-14-8-7-13-22(23)19-10-3-2-4-11-19;1-24(23-15-14-19-10-5-6-11-20(19)17-23)22-13-7-12-21(16-22)18-8-3-2-4-9-18;1-20(17-12-6-3-7-13-17)19-15-9-8-14-18(19)16-10-4-2-5-11-16;1-20(18-12-6-3-7-13-18)19-14-8-11-17(15-19)16-9-4-2-5-10-16/h2-19H,1H3;3*2-17H,1H3;2*2-15H,1H3. The Kier molecular flexibility index (Phi) is 30.9. The van der Waals surface area contributed by atoms with Gasteiger partial charge in [0.25, 0.3) is 0 Å². The molecule has 0 N–H and O–H groups in total. The molecule has 0 heterocycles. The lowest BCUT2D eigenvalue weighted by Gasteiger charge is -2.24. The fraction of sp³-hybridized carbons (Fsp3) is 0.0455. The smallest absolute Gasteiger partial charge is 0.0487 e. The number of benzene rings is 22. The first kappa shape index (κ1) is 92.3. The van der Waals surface area contributed by atoms with Crippen molar-refractivity contribution in [3.8, 4) is 77.9 Å². The van der Waals surface area contributed by atoms with Gasteiger partial charge in [0.2, 0.25) is 0 Å². The second-order valence-corrected chi connectivity index (χ2v) is 33.9. The van der Waals surface area contributed by atoms with E-state index in [1.165, 1.54) is 178 Å². The molecule has 0 aromatic heterocycles. The third kappa shape index (κ3) is 23.2. The van der Waals surface area contributed by atoms with Crippen LogP contribution in [0.5, 0.6) is 0 Å². The predicted molar refractivity (Wildman–Crippen MR) is 596 cm³/mol. The molecule has 6 nitrogen and oxygen atoms in total. The molecule has 6 heteroatoms. The highest BCUT2D eigenvalue weighted by Gasteiger charge is 2.18. The van der Waals surface area contributed by atoms with Crippen LogP contribution >= 0.6 is 0 Å². The normalized spacial score (nSPS) is 10.5. The Bertz CT molecular complexity index is 7570. The van der Waals surface area contributed by atoms with Crippen molar-refractivity contribution in [3.05, 3.63) is 570 Å². The fourth-order valence-corrected chi connectivity index (χ4v) is 17.5. The van der Waals surface area contributed by atoms with Gasteiger partial charge in [-0.3, -0.25) is 0 Å². The molecule has 0 aliphatic heterocycles. The molecule has 0 bridgehead atoms. The Hall–Kier alpha value is -17.6. The predicted octanol–water partition coefficient (Wildman–Crippen LogP) is 35.9. The van der Waals surface area contributed by atoms with Gasteiger partial charge in [0.1, 0.15) is 0 Å². The monoisotopic (exact) mass is 1780 g/mol. The molecule has 0 aliphatic carbocycles. The zero-order valence-corrected chi connectivity index (χ0v) is 79.0. The topological polar surface area (TPSA) is 19.4 Å². The molecule has 22 rings (SSSR count). The lowest BCUT2D eigenvalue weighted by atomic mass is 10.0. The van der Waals surface area contributed by atoms with Crippen LogP contribution in [0.1, 0.15) is 0 Å². The quantitative estimate of drug-likeness (QED) is 0.0798. The maximum Gasteiger partial charge on any atom is 0.0487 e. The second-order valence-electron chi connectivity index (χ2n) is 33.9. The number of para-hydroxylation sites is 6. The third-order valence-electron chi connectivity index (χ3n) is 25.1. The van der Waals surface area contributed by atoms with Gasteiger partial charge in [-0.25, -0.2) is 0 Å². The minimum absolute atomic E-state index is 1.17. The van der Waals surface area contributed by atoms with Crippen molar-refractivity contribution >= 4 is 101 Å². The van der Waals surface area contributed by atoms with E-state index in [4.69, 9.17) is 0 Å². The molecule has 0 unspecified atom stereocenters. The van der Waals surface area contributed by atoms with Crippen molar-refractivity contribution in [2.75, 3.05) is 71.7 Å². The van der Waals surface area contributed by atoms with Crippen LogP contribution in [0, 0.1) is 0 Å². The molecule has 0 aliphatic rings. The van der Waals surface area contributed by atoms with E-state index in [9.17, 15) is 0 Å². The van der Waals surface area contributed by atoms with Gasteiger partial charge in [-0.05, 0) is 198 Å². The Labute approximate surface area is 814 Å². The summed E-state index contributed by atoms with van der Waals surface area (Å²) in [6.07, 6.45) is 0. The third-order valence-corrected chi connectivity index (χ3v) is 25.1. The van der Waals surface area contributed by atoms with Gasteiger partial charge < -0.3 is 29.4 Å². The van der Waals surface area contributed by atoms with E-state index in [0.29, 0.717) is 0 Å². The van der Waals surface area contributed by atoms with Crippen LogP contribution in [0.25, 0.3) is 110 Å². The van der Waals surface area contributed by atoms with Crippen LogP contribution in [0.15, 0.2) is 570 Å². The molecule has 22 aromatic rings. The summed E-state index contributed by atoms with van der Waals surface area (Å²) in [5.74, 6) is 0. The number of hydrogen-bond acceptors (Lipinski definition) is 6. The van der Waals surface area contributed by atoms with Gasteiger partial charge in [-0.15, -0.1) is 0 Å². The van der Waals surface area contributed by atoms with Crippen LogP contribution in [-0.2, 0) is 0 Å². The molecular formula is C132H112N6. The van der Waals surface area contributed by atoms with E-state index < -0.39 is 0 Å². The SMILES string of the molecule is CN(c1ccc(-c2ccccc2)cc1)c1ccccc1-c1ccccc1.CN(c1ccc2ccccc2c1)c1ccccc1-c1ccccc1.CN(c1cccc(-c2ccccc2)c1)c1ccc2ccccc2c1.CN(c1ccccc1)c1cccc(-c2ccccc2)c1.CN(c1ccccc1)c1ccccc1-c1ccccc1.CN(c1ccccc1-c1ccccc1)c1cccc2ccccc12. The summed E-state index contributed by atoms with van der Waals surface area (Å²) >= 11 is 0. The molecule has 138 heavy (non-hydrogen) atoms. The Balaban J connectivity index is 0.000000115. The Morgan fingerprint density at radius 1 is 0.109 bits per heavy atom. The summed E-state index contributed by atoms with van der Waals surface area (Å²) < 4.78 is 0. The van der Waals surface area contributed by atoms with Crippen LogP contribution in [-0.4, -0.2) is 42.3 Å². The van der Waals surface area contributed by atoms with E-state index in [2.05, 4.69) is 612 Å². The summed E-state index contributed by atoms with van der Waals surface area (Å²) in [6, 6.07) is 200. The summed E-state index contributed by atoms with van der Waals surface area (Å²) in [5, 5.41) is 7.60. The highest BCUT2D eigenvalue weighted by molar-refractivity contribution is 5.98. The van der Waals surface area contributed by atoms with Crippen LogP contribution in [0.4, 0.5) is 68.2 Å². The fourth-order valence-electron chi connectivity index (χ4n) is 17.5. The molecule has 0 radical (unpaired) electrons. The minimum Gasteiger partial charge on any atom is -0.345 e. The molecule has 22 aromatic carbocycles. The Morgan fingerprint density at radius 2 is 0.319 bits per heavy atom. The van der Waals surface area contributed by atoms with Crippen molar-refractivity contribution in [1.82, 2.24) is 0 Å². The average Bonchev–Trinajstić information content (AvgIpc) is 0.797. The van der Waals surface area contributed by atoms with Gasteiger partial charge in [0.15, 0.2) is 0 Å². The van der Waals surface area contributed by atoms with Crippen molar-refractivity contribution in [3.63, 3.8) is 0 Å². The van der Waals surface area contributed by atoms with Gasteiger partial charge >= 0.3 is 0 Å². The lowest BCUT2D eigenvalue weighted by Crippen LogP contribution is -2.11.